The Labute approximate surface area is 93.7 Å². The Bertz CT molecular complexity index is 439. The van der Waals surface area contributed by atoms with Crippen molar-refractivity contribution in [1.82, 2.24) is 10.2 Å². The van der Waals surface area contributed by atoms with Gasteiger partial charge in [-0.3, -0.25) is 5.10 Å². The quantitative estimate of drug-likeness (QED) is 0.829. The summed E-state index contributed by atoms with van der Waals surface area (Å²) in [7, 11) is 0. The number of rotatable bonds is 4. The molecule has 1 heterocycles. The average Bonchev–Trinajstić information content (AvgIpc) is 2.78. The van der Waals surface area contributed by atoms with E-state index >= 15 is 0 Å². The molecule has 3 nitrogen and oxygen atoms in total. The third-order valence-electron chi connectivity index (χ3n) is 2.50. The molecule has 4 heteroatoms. The maximum absolute atomic E-state index is 13.1. The van der Waals surface area contributed by atoms with E-state index in [4.69, 9.17) is 0 Å². The summed E-state index contributed by atoms with van der Waals surface area (Å²) in [4.78, 5) is 0. The van der Waals surface area contributed by atoms with E-state index in [2.05, 4.69) is 22.4 Å². The van der Waals surface area contributed by atoms with Gasteiger partial charge in [0.2, 0.25) is 0 Å². The van der Waals surface area contributed by atoms with Gasteiger partial charge in [0.25, 0.3) is 0 Å². The van der Waals surface area contributed by atoms with Gasteiger partial charge in [0.15, 0.2) is 0 Å². The predicted molar refractivity (Wildman–Crippen MR) is 61.6 cm³/mol. The Morgan fingerprint density at radius 1 is 1.50 bits per heavy atom. The van der Waals surface area contributed by atoms with Crippen LogP contribution in [0, 0.1) is 5.82 Å². The minimum absolute atomic E-state index is 0.105. The highest BCUT2D eigenvalue weighted by molar-refractivity contribution is 5.41. The maximum atomic E-state index is 13.1. The van der Waals surface area contributed by atoms with Crippen molar-refractivity contribution >= 4 is 5.69 Å². The summed E-state index contributed by atoms with van der Waals surface area (Å²) in [6, 6.07) is 6.76. The predicted octanol–water partition coefficient (Wildman–Crippen LogP) is 3.11. The van der Waals surface area contributed by atoms with Gasteiger partial charge < -0.3 is 5.32 Å². The highest BCUT2D eigenvalue weighted by atomic mass is 19.1. The number of benzene rings is 1. The van der Waals surface area contributed by atoms with E-state index in [1.807, 2.05) is 6.07 Å². The molecule has 0 aliphatic carbocycles. The van der Waals surface area contributed by atoms with Crippen LogP contribution in [0.2, 0.25) is 0 Å². The van der Waals surface area contributed by atoms with Gasteiger partial charge in [0, 0.05) is 6.20 Å². The first-order valence-electron chi connectivity index (χ1n) is 5.30. The summed E-state index contributed by atoms with van der Waals surface area (Å²) >= 11 is 0. The monoisotopic (exact) mass is 219 g/mol. The van der Waals surface area contributed by atoms with Crippen molar-refractivity contribution < 1.29 is 4.39 Å². The Hall–Kier alpha value is -1.84. The first kappa shape index (κ1) is 10.7. The van der Waals surface area contributed by atoms with E-state index in [0.29, 0.717) is 0 Å². The van der Waals surface area contributed by atoms with Gasteiger partial charge in [0.1, 0.15) is 5.82 Å². The van der Waals surface area contributed by atoms with Crippen LogP contribution in [0.5, 0.6) is 0 Å². The maximum Gasteiger partial charge on any atom is 0.123 e. The molecule has 16 heavy (non-hydrogen) atoms. The number of aromatic nitrogens is 2. The molecule has 0 saturated heterocycles. The molecule has 2 N–H and O–H groups in total. The number of halogens is 1. The fourth-order valence-electron chi connectivity index (χ4n) is 1.68. The number of nitrogens with one attached hydrogen (secondary N) is 2. The van der Waals surface area contributed by atoms with Gasteiger partial charge in [-0.25, -0.2) is 4.39 Å². The van der Waals surface area contributed by atoms with Crippen molar-refractivity contribution in [2.24, 2.45) is 0 Å². The number of hydrogen-bond donors (Lipinski definition) is 2. The molecular weight excluding hydrogens is 205 g/mol. The van der Waals surface area contributed by atoms with Crippen LogP contribution >= 0.6 is 0 Å². The van der Waals surface area contributed by atoms with Gasteiger partial charge in [-0.05, 0) is 24.1 Å². The lowest BCUT2D eigenvalue weighted by Crippen LogP contribution is -2.09. The molecule has 0 fully saturated rings. The molecule has 1 aromatic carbocycles. The summed E-state index contributed by atoms with van der Waals surface area (Å²) in [5.74, 6) is -0.204. The minimum Gasteiger partial charge on any atom is -0.376 e. The Kier molecular flexibility index (Phi) is 3.19. The molecule has 0 amide bonds. The molecule has 1 unspecified atom stereocenters. The highest BCUT2D eigenvalue weighted by Crippen LogP contribution is 2.22. The standard InChI is InChI=1S/C12H14FN3/c1-2-12(16-11-7-14-15-8-11)9-4-3-5-10(13)6-9/h3-8,12,16H,2H2,1H3,(H,14,15). The third kappa shape index (κ3) is 2.39. The van der Waals surface area contributed by atoms with Gasteiger partial charge in [-0.15, -0.1) is 0 Å². The molecule has 0 aliphatic rings. The third-order valence-corrected chi connectivity index (χ3v) is 2.50. The van der Waals surface area contributed by atoms with Crippen LogP contribution in [-0.4, -0.2) is 10.2 Å². The summed E-state index contributed by atoms with van der Waals surface area (Å²) in [6.45, 7) is 2.06. The zero-order valence-electron chi connectivity index (χ0n) is 9.07. The highest BCUT2D eigenvalue weighted by Gasteiger charge is 2.09. The first-order chi connectivity index (χ1) is 7.79. The Morgan fingerprint density at radius 2 is 2.38 bits per heavy atom. The van der Waals surface area contributed by atoms with Gasteiger partial charge >= 0.3 is 0 Å². The molecule has 1 aromatic heterocycles. The number of anilines is 1. The van der Waals surface area contributed by atoms with E-state index in [-0.39, 0.29) is 11.9 Å². The lowest BCUT2D eigenvalue weighted by Gasteiger charge is -2.17. The normalized spacial score (nSPS) is 12.4. The van der Waals surface area contributed by atoms with Crippen LogP contribution in [0.25, 0.3) is 0 Å². The second-order valence-corrected chi connectivity index (χ2v) is 3.65. The molecule has 1 atom stereocenters. The van der Waals surface area contributed by atoms with Crippen molar-refractivity contribution in [2.45, 2.75) is 19.4 Å². The lowest BCUT2D eigenvalue weighted by atomic mass is 10.0. The molecule has 0 saturated carbocycles. The van der Waals surface area contributed by atoms with Crippen molar-refractivity contribution in [2.75, 3.05) is 5.32 Å². The summed E-state index contributed by atoms with van der Waals surface area (Å²) in [5, 5.41) is 9.89. The lowest BCUT2D eigenvalue weighted by molar-refractivity contribution is 0.621. The van der Waals surface area contributed by atoms with Crippen molar-refractivity contribution in [3.8, 4) is 0 Å². The SMILES string of the molecule is CCC(Nc1cn[nH]c1)c1cccc(F)c1. The van der Waals surface area contributed by atoms with Crippen LogP contribution in [0.3, 0.4) is 0 Å². The van der Waals surface area contributed by atoms with Gasteiger partial charge in [-0.1, -0.05) is 19.1 Å². The fraction of sp³-hybridized carbons (Fsp3) is 0.250. The van der Waals surface area contributed by atoms with Crippen molar-refractivity contribution in [3.63, 3.8) is 0 Å². The van der Waals surface area contributed by atoms with Gasteiger partial charge in [0.05, 0.1) is 17.9 Å². The molecule has 0 bridgehead atoms. The second kappa shape index (κ2) is 4.79. The first-order valence-corrected chi connectivity index (χ1v) is 5.30. The number of hydrogen-bond acceptors (Lipinski definition) is 2. The van der Waals surface area contributed by atoms with Crippen molar-refractivity contribution in [3.05, 3.63) is 48.0 Å². The molecule has 84 valence electrons. The fourth-order valence-corrected chi connectivity index (χ4v) is 1.68. The smallest absolute Gasteiger partial charge is 0.123 e. The van der Waals surface area contributed by atoms with Crippen LogP contribution in [0.1, 0.15) is 24.9 Å². The topological polar surface area (TPSA) is 40.7 Å². The van der Waals surface area contributed by atoms with Gasteiger partial charge in [-0.2, -0.15) is 5.10 Å². The zero-order valence-corrected chi connectivity index (χ0v) is 9.07. The van der Waals surface area contributed by atoms with Crippen LogP contribution in [-0.2, 0) is 0 Å². The van der Waals surface area contributed by atoms with E-state index in [0.717, 1.165) is 17.7 Å². The minimum atomic E-state index is -0.204. The van der Waals surface area contributed by atoms with Crippen LogP contribution < -0.4 is 5.32 Å². The molecular formula is C12H14FN3. The molecule has 0 spiro atoms. The average molecular weight is 219 g/mol. The largest absolute Gasteiger partial charge is 0.376 e. The number of nitrogens with zero attached hydrogens (tertiary/aromatic N) is 1. The van der Waals surface area contributed by atoms with E-state index in [1.165, 1.54) is 6.07 Å². The summed E-state index contributed by atoms with van der Waals surface area (Å²) in [5.41, 5.74) is 1.86. The number of aromatic amines is 1. The second-order valence-electron chi connectivity index (χ2n) is 3.65. The summed E-state index contributed by atoms with van der Waals surface area (Å²) in [6.07, 6.45) is 4.37. The Morgan fingerprint density at radius 3 is 3.00 bits per heavy atom. The molecule has 0 aliphatic heterocycles. The Balaban J connectivity index is 2.16. The van der Waals surface area contributed by atoms with E-state index in [9.17, 15) is 4.39 Å². The van der Waals surface area contributed by atoms with Crippen LogP contribution in [0.15, 0.2) is 36.7 Å². The van der Waals surface area contributed by atoms with Crippen LogP contribution in [0.4, 0.5) is 10.1 Å². The van der Waals surface area contributed by atoms with Crippen molar-refractivity contribution in [1.29, 1.82) is 0 Å². The van der Waals surface area contributed by atoms with E-state index in [1.54, 1.807) is 24.5 Å². The molecule has 2 rings (SSSR count). The van der Waals surface area contributed by atoms with E-state index < -0.39 is 0 Å². The zero-order chi connectivity index (χ0) is 11.4. The summed E-state index contributed by atoms with van der Waals surface area (Å²) < 4.78 is 13.1. The number of H-pyrrole nitrogens is 1. The molecule has 2 aromatic rings. The molecule has 0 radical (unpaired) electrons.